The van der Waals surface area contributed by atoms with Gasteiger partial charge in [0.2, 0.25) is 11.8 Å². The third kappa shape index (κ3) is 3.88. The van der Waals surface area contributed by atoms with Gasteiger partial charge < -0.3 is 15.5 Å². The summed E-state index contributed by atoms with van der Waals surface area (Å²) in [6.07, 6.45) is 2.85. The lowest BCUT2D eigenvalue weighted by atomic mass is 10.1. The van der Waals surface area contributed by atoms with E-state index in [0.717, 1.165) is 18.5 Å². The number of amides is 2. The van der Waals surface area contributed by atoms with Crippen molar-refractivity contribution in [2.45, 2.75) is 31.7 Å². The van der Waals surface area contributed by atoms with Crippen LogP contribution < -0.4 is 15.5 Å². The summed E-state index contributed by atoms with van der Waals surface area (Å²) in [5.41, 5.74) is 1.41. The van der Waals surface area contributed by atoms with Crippen LogP contribution in [0, 0.1) is 0 Å². The van der Waals surface area contributed by atoms with Gasteiger partial charge in [0.05, 0.1) is 16.4 Å². The zero-order valence-electron chi connectivity index (χ0n) is 12.3. The summed E-state index contributed by atoms with van der Waals surface area (Å²) >= 11 is 6.18. The Labute approximate surface area is 129 Å². The fourth-order valence-electron chi connectivity index (χ4n) is 2.46. The van der Waals surface area contributed by atoms with Gasteiger partial charge in [-0.2, -0.15) is 0 Å². The highest BCUT2D eigenvalue weighted by molar-refractivity contribution is 6.34. The summed E-state index contributed by atoms with van der Waals surface area (Å²) in [4.78, 5) is 25.8. The lowest BCUT2D eigenvalue weighted by Gasteiger charge is -2.21. The molecule has 5 nitrogen and oxygen atoms in total. The maximum atomic E-state index is 12.4. The quantitative estimate of drug-likeness (QED) is 0.901. The summed E-state index contributed by atoms with van der Waals surface area (Å²) in [6, 6.07) is 4.89. The van der Waals surface area contributed by atoms with E-state index in [-0.39, 0.29) is 11.8 Å². The van der Waals surface area contributed by atoms with Gasteiger partial charge in [0.15, 0.2) is 0 Å². The summed E-state index contributed by atoms with van der Waals surface area (Å²) in [7, 11) is 3.73. The molecule has 1 heterocycles. The standard InChI is InChI=1S/C15H20ClN3O2/c1-19(2)14-10(16)6-5-8-11(14)18-15(21)12-7-3-4-9-13(20)17-12/h5-6,8,12H,3-4,7,9H2,1-2H3,(H,17,20)(H,18,21). The topological polar surface area (TPSA) is 61.4 Å². The molecule has 1 aromatic rings. The Morgan fingerprint density at radius 2 is 2.14 bits per heavy atom. The van der Waals surface area contributed by atoms with Crippen LogP contribution in [0.15, 0.2) is 18.2 Å². The monoisotopic (exact) mass is 309 g/mol. The number of halogens is 1. The molecule has 0 aliphatic carbocycles. The van der Waals surface area contributed by atoms with Crippen molar-refractivity contribution in [2.75, 3.05) is 24.3 Å². The molecule has 21 heavy (non-hydrogen) atoms. The van der Waals surface area contributed by atoms with Crippen LogP contribution >= 0.6 is 11.6 Å². The van der Waals surface area contributed by atoms with E-state index in [1.807, 2.05) is 19.0 Å². The van der Waals surface area contributed by atoms with Crippen LogP contribution in [0.25, 0.3) is 0 Å². The smallest absolute Gasteiger partial charge is 0.247 e. The molecule has 0 saturated carbocycles. The van der Waals surface area contributed by atoms with Crippen molar-refractivity contribution >= 4 is 34.8 Å². The zero-order valence-corrected chi connectivity index (χ0v) is 13.0. The molecule has 2 amide bonds. The summed E-state index contributed by atoms with van der Waals surface area (Å²) < 4.78 is 0. The maximum absolute atomic E-state index is 12.4. The van der Waals surface area contributed by atoms with Crippen LogP contribution in [0.2, 0.25) is 5.02 Å². The number of nitrogens with zero attached hydrogens (tertiary/aromatic N) is 1. The number of anilines is 2. The normalized spacial score (nSPS) is 18.6. The van der Waals surface area contributed by atoms with Crippen molar-refractivity contribution < 1.29 is 9.59 Å². The largest absolute Gasteiger partial charge is 0.375 e. The molecule has 6 heteroatoms. The van der Waals surface area contributed by atoms with Crippen molar-refractivity contribution in [2.24, 2.45) is 0 Å². The molecule has 1 fully saturated rings. The van der Waals surface area contributed by atoms with Crippen LogP contribution in [0.5, 0.6) is 0 Å². The number of carbonyl (C=O) groups excluding carboxylic acids is 2. The number of carbonyl (C=O) groups is 2. The Morgan fingerprint density at radius 3 is 2.86 bits per heavy atom. The highest BCUT2D eigenvalue weighted by atomic mass is 35.5. The van der Waals surface area contributed by atoms with E-state index in [2.05, 4.69) is 10.6 Å². The van der Waals surface area contributed by atoms with E-state index in [1.165, 1.54) is 0 Å². The molecule has 2 rings (SSSR count). The van der Waals surface area contributed by atoms with Crippen molar-refractivity contribution in [1.82, 2.24) is 5.32 Å². The number of hydrogen-bond acceptors (Lipinski definition) is 3. The van der Waals surface area contributed by atoms with Crippen molar-refractivity contribution in [3.05, 3.63) is 23.2 Å². The molecule has 0 bridgehead atoms. The van der Waals surface area contributed by atoms with Gasteiger partial charge in [-0.1, -0.05) is 24.1 Å². The average molecular weight is 310 g/mol. The van der Waals surface area contributed by atoms with E-state index >= 15 is 0 Å². The zero-order chi connectivity index (χ0) is 15.4. The van der Waals surface area contributed by atoms with Crippen LogP contribution in [-0.4, -0.2) is 32.0 Å². The molecule has 0 spiro atoms. The average Bonchev–Trinajstić information content (AvgIpc) is 2.63. The van der Waals surface area contributed by atoms with Crippen molar-refractivity contribution in [3.63, 3.8) is 0 Å². The first-order chi connectivity index (χ1) is 9.99. The molecule has 0 aromatic heterocycles. The molecule has 1 unspecified atom stereocenters. The van der Waals surface area contributed by atoms with E-state index in [4.69, 9.17) is 11.6 Å². The third-order valence-corrected chi connectivity index (χ3v) is 3.80. The predicted octanol–water partition coefficient (Wildman–Crippen LogP) is 2.40. The van der Waals surface area contributed by atoms with E-state index in [1.54, 1.807) is 18.2 Å². The minimum absolute atomic E-state index is 0.0634. The second-order valence-electron chi connectivity index (χ2n) is 5.39. The molecule has 1 saturated heterocycles. The van der Waals surface area contributed by atoms with E-state index < -0.39 is 6.04 Å². The van der Waals surface area contributed by atoms with Gasteiger partial charge in [0.1, 0.15) is 6.04 Å². The molecule has 1 aliphatic heterocycles. The molecule has 0 radical (unpaired) electrons. The summed E-state index contributed by atoms with van der Waals surface area (Å²) in [5.74, 6) is -0.262. The Hall–Kier alpha value is -1.75. The van der Waals surface area contributed by atoms with Crippen LogP contribution in [-0.2, 0) is 9.59 Å². The lowest BCUT2D eigenvalue weighted by molar-refractivity contribution is -0.125. The fourth-order valence-corrected chi connectivity index (χ4v) is 2.80. The SMILES string of the molecule is CN(C)c1c(Cl)cccc1NC(=O)C1CCCCC(=O)N1. The molecule has 1 atom stereocenters. The fraction of sp³-hybridized carbons (Fsp3) is 0.467. The van der Waals surface area contributed by atoms with Gasteiger partial charge in [0, 0.05) is 20.5 Å². The molecule has 1 aromatic carbocycles. The van der Waals surface area contributed by atoms with E-state index in [9.17, 15) is 9.59 Å². The van der Waals surface area contributed by atoms with Gasteiger partial charge in [-0.3, -0.25) is 9.59 Å². The number of hydrogen-bond donors (Lipinski definition) is 2. The maximum Gasteiger partial charge on any atom is 0.247 e. The number of nitrogens with one attached hydrogen (secondary N) is 2. The second kappa shape index (κ2) is 6.80. The van der Waals surface area contributed by atoms with Crippen molar-refractivity contribution in [3.8, 4) is 0 Å². The van der Waals surface area contributed by atoms with Gasteiger partial charge in [-0.05, 0) is 25.0 Å². The number of para-hydroxylation sites is 1. The predicted molar refractivity (Wildman–Crippen MR) is 84.8 cm³/mol. The first-order valence-corrected chi connectivity index (χ1v) is 7.43. The molecular formula is C15H20ClN3O2. The Balaban J connectivity index is 2.16. The van der Waals surface area contributed by atoms with Crippen LogP contribution in [0.4, 0.5) is 11.4 Å². The lowest BCUT2D eigenvalue weighted by Crippen LogP contribution is -2.42. The highest BCUT2D eigenvalue weighted by Gasteiger charge is 2.24. The van der Waals surface area contributed by atoms with Gasteiger partial charge in [0.25, 0.3) is 0 Å². The summed E-state index contributed by atoms with van der Waals surface area (Å²) in [6.45, 7) is 0. The summed E-state index contributed by atoms with van der Waals surface area (Å²) in [5, 5.41) is 6.21. The Kier molecular flexibility index (Phi) is 5.07. The number of rotatable bonds is 3. The molecule has 114 valence electrons. The first-order valence-electron chi connectivity index (χ1n) is 7.05. The van der Waals surface area contributed by atoms with Gasteiger partial charge >= 0.3 is 0 Å². The minimum atomic E-state index is -0.478. The second-order valence-corrected chi connectivity index (χ2v) is 5.79. The van der Waals surface area contributed by atoms with Crippen LogP contribution in [0.1, 0.15) is 25.7 Å². The Morgan fingerprint density at radius 1 is 1.38 bits per heavy atom. The highest BCUT2D eigenvalue weighted by Crippen LogP contribution is 2.32. The van der Waals surface area contributed by atoms with E-state index in [0.29, 0.717) is 23.6 Å². The van der Waals surface area contributed by atoms with Gasteiger partial charge in [-0.25, -0.2) is 0 Å². The third-order valence-electron chi connectivity index (χ3n) is 3.49. The first kappa shape index (κ1) is 15.6. The minimum Gasteiger partial charge on any atom is -0.375 e. The Bertz CT molecular complexity index is 546. The molecule has 1 aliphatic rings. The van der Waals surface area contributed by atoms with Crippen molar-refractivity contribution in [1.29, 1.82) is 0 Å². The van der Waals surface area contributed by atoms with Gasteiger partial charge in [-0.15, -0.1) is 0 Å². The van der Waals surface area contributed by atoms with Crippen LogP contribution in [0.3, 0.4) is 0 Å². The number of benzene rings is 1. The molecule has 2 N–H and O–H groups in total. The molecular weight excluding hydrogens is 290 g/mol.